The van der Waals surface area contributed by atoms with Crippen LogP contribution in [0.25, 0.3) is 0 Å². The molecule has 2 aromatic rings. The summed E-state index contributed by atoms with van der Waals surface area (Å²) in [7, 11) is 1.49. The Morgan fingerprint density at radius 2 is 2.03 bits per heavy atom. The van der Waals surface area contributed by atoms with Gasteiger partial charge in [0.05, 0.1) is 26.2 Å². The maximum atomic E-state index is 13.3. The lowest BCUT2D eigenvalue weighted by atomic mass is 9.98. The second-order valence-corrected chi connectivity index (χ2v) is 7.22. The van der Waals surface area contributed by atoms with Gasteiger partial charge in [0.1, 0.15) is 6.04 Å². The van der Waals surface area contributed by atoms with Gasteiger partial charge in [-0.3, -0.25) is 19.6 Å². The lowest BCUT2D eigenvalue weighted by Crippen LogP contribution is -2.40. The number of rotatable bonds is 8. The molecular weight excluding hydrogens is 426 g/mol. The Morgan fingerprint density at radius 3 is 2.65 bits per heavy atom. The van der Waals surface area contributed by atoms with Crippen molar-refractivity contribution in [3.63, 3.8) is 0 Å². The molecule has 1 aliphatic rings. The summed E-state index contributed by atoms with van der Waals surface area (Å²) in [4.78, 5) is 39.0. The molecule has 0 bridgehead atoms. The van der Waals surface area contributed by atoms with Gasteiger partial charge in [0.2, 0.25) is 11.8 Å². The molecule has 0 radical (unpaired) electrons. The summed E-state index contributed by atoms with van der Waals surface area (Å²) >= 11 is 6.29. The average Bonchev–Trinajstić information content (AvgIpc) is 3.06. The van der Waals surface area contributed by atoms with Crippen LogP contribution in [-0.4, -0.2) is 41.5 Å². The molecule has 2 aromatic carbocycles. The van der Waals surface area contributed by atoms with E-state index in [1.165, 1.54) is 12.0 Å². The van der Waals surface area contributed by atoms with Crippen molar-refractivity contribution in [2.75, 3.05) is 13.7 Å². The summed E-state index contributed by atoms with van der Waals surface area (Å²) in [6.07, 6.45) is -0.338. The Morgan fingerprint density at radius 1 is 1.29 bits per heavy atom. The summed E-state index contributed by atoms with van der Waals surface area (Å²) in [5, 5.41) is 9.31. The Hall–Kier alpha value is -3.30. The molecule has 1 aliphatic heterocycles. The Labute approximate surface area is 183 Å². The molecule has 0 spiro atoms. The van der Waals surface area contributed by atoms with Gasteiger partial charge in [0.25, 0.3) is 5.91 Å². The molecule has 0 fully saturated rings. The number of fused-ring (bicyclic) bond motifs is 1. The number of methoxy groups -OCH3 is 1. The van der Waals surface area contributed by atoms with E-state index >= 15 is 0 Å². The van der Waals surface area contributed by atoms with E-state index in [1.807, 2.05) is 0 Å². The standard InChI is InChI=1S/C21H22ClN3O6/c1-3-31-16-9-11(7-8-15(16)30-2)14(10-17(26)24-29)25-19(20(23)27)18-12(21(25)28)5-4-6-13(18)22/h4-9,14,19,29H,3,10H2,1-2H3,(H2,23,27)(H,24,26). The first-order chi connectivity index (χ1) is 14.8. The molecule has 4 N–H and O–H groups in total. The van der Waals surface area contributed by atoms with Crippen molar-refractivity contribution in [3.05, 3.63) is 58.1 Å². The van der Waals surface area contributed by atoms with Gasteiger partial charge in [-0.1, -0.05) is 23.7 Å². The molecular formula is C21H22ClN3O6. The molecule has 31 heavy (non-hydrogen) atoms. The first-order valence-corrected chi connectivity index (χ1v) is 9.85. The number of hydroxylamine groups is 1. The summed E-state index contributed by atoms with van der Waals surface area (Å²) in [6.45, 7) is 2.16. The second-order valence-electron chi connectivity index (χ2n) is 6.82. The molecule has 0 aliphatic carbocycles. The van der Waals surface area contributed by atoms with Gasteiger partial charge in [-0.2, -0.15) is 0 Å². The molecule has 0 saturated heterocycles. The van der Waals surface area contributed by atoms with Gasteiger partial charge >= 0.3 is 0 Å². The number of hydrogen-bond donors (Lipinski definition) is 3. The number of halogens is 1. The minimum absolute atomic E-state index is 0.215. The number of amides is 3. The maximum absolute atomic E-state index is 13.3. The highest BCUT2D eigenvalue weighted by molar-refractivity contribution is 6.32. The third-order valence-corrected chi connectivity index (χ3v) is 5.38. The molecule has 0 saturated carbocycles. The highest BCUT2D eigenvalue weighted by Crippen LogP contribution is 2.45. The van der Waals surface area contributed by atoms with Crippen molar-refractivity contribution in [3.8, 4) is 11.5 Å². The predicted octanol–water partition coefficient (Wildman–Crippen LogP) is 2.37. The number of nitrogens with zero attached hydrogens (tertiary/aromatic N) is 1. The first kappa shape index (κ1) is 22.4. The van der Waals surface area contributed by atoms with Gasteiger partial charge in [-0.25, -0.2) is 5.48 Å². The van der Waals surface area contributed by atoms with Crippen LogP contribution in [0.1, 0.15) is 46.9 Å². The van der Waals surface area contributed by atoms with Crippen molar-refractivity contribution in [2.24, 2.45) is 5.73 Å². The number of carbonyl (C=O) groups excluding carboxylic acids is 3. The maximum Gasteiger partial charge on any atom is 0.255 e. The fraction of sp³-hybridized carbons (Fsp3) is 0.286. The quantitative estimate of drug-likeness (QED) is 0.420. The third kappa shape index (κ3) is 4.14. The molecule has 2 unspecified atom stereocenters. The van der Waals surface area contributed by atoms with E-state index in [2.05, 4.69) is 0 Å². The summed E-state index contributed by atoms with van der Waals surface area (Å²) in [5.41, 5.74) is 8.21. The van der Waals surface area contributed by atoms with E-state index in [0.29, 0.717) is 23.7 Å². The van der Waals surface area contributed by atoms with Crippen molar-refractivity contribution in [1.82, 2.24) is 10.4 Å². The number of carbonyl (C=O) groups is 3. The molecule has 2 atom stereocenters. The topological polar surface area (TPSA) is 131 Å². The van der Waals surface area contributed by atoms with Crippen molar-refractivity contribution in [1.29, 1.82) is 0 Å². The minimum Gasteiger partial charge on any atom is -0.493 e. The van der Waals surface area contributed by atoms with Crippen LogP contribution < -0.4 is 20.7 Å². The van der Waals surface area contributed by atoms with Gasteiger partial charge in [0.15, 0.2) is 11.5 Å². The van der Waals surface area contributed by atoms with Crippen LogP contribution in [0.3, 0.4) is 0 Å². The predicted molar refractivity (Wildman–Crippen MR) is 111 cm³/mol. The number of ether oxygens (including phenoxy) is 2. The Bertz CT molecular complexity index is 1030. The molecule has 9 nitrogen and oxygen atoms in total. The minimum atomic E-state index is -1.19. The van der Waals surface area contributed by atoms with Crippen molar-refractivity contribution >= 4 is 29.3 Å². The van der Waals surface area contributed by atoms with E-state index in [0.717, 1.165) is 0 Å². The van der Waals surface area contributed by atoms with E-state index < -0.39 is 29.8 Å². The lowest BCUT2D eigenvalue weighted by Gasteiger charge is -2.32. The van der Waals surface area contributed by atoms with E-state index in [9.17, 15) is 14.4 Å². The average molecular weight is 448 g/mol. The smallest absolute Gasteiger partial charge is 0.255 e. The highest BCUT2D eigenvalue weighted by Gasteiger charge is 2.46. The summed E-state index contributed by atoms with van der Waals surface area (Å²) in [6, 6.07) is 7.45. The van der Waals surface area contributed by atoms with Crippen LogP contribution in [0, 0.1) is 0 Å². The van der Waals surface area contributed by atoms with Gasteiger partial charge in [-0.15, -0.1) is 0 Å². The van der Waals surface area contributed by atoms with Gasteiger partial charge in [0, 0.05) is 16.1 Å². The zero-order valence-electron chi connectivity index (χ0n) is 16.9. The molecule has 10 heteroatoms. The Balaban J connectivity index is 2.16. The molecule has 1 heterocycles. The zero-order chi connectivity index (χ0) is 22.7. The zero-order valence-corrected chi connectivity index (χ0v) is 17.7. The monoisotopic (exact) mass is 447 g/mol. The SMILES string of the molecule is CCOc1cc(C(CC(=O)NO)N2C(=O)c3cccc(Cl)c3C2C(N)=O)ccc1OC. The fourth-order valence-electron chi connectivity index (χ4n) is 3.76. The van der Waals surface area contributed by atoms with E-state index in [4.69, 9.17) is 32.0 Å². The molecule has 3 amide bonds. The normalized spacial score (nSPS) is 15.9. The first-order valence-electron chi connectivity index (χ1n) is 9.48. The van der Waals surface area contributed by atoms with E-state index in [1.54, 1.807) is 48.8 Å². The number of primary amides is 1. The molecule has 164 valence electrons. The number of nitrogens with two attached hydrogens (primary N) is 1. The number of nitrogens with one attached hydrogen (secondary N) is 1. The van der Waals surface area contributed by atoms with E-state index in [-0.39, 0.29) is 22.6 Å². The van der Waals surface area contributed by atoms with Crippen molar-refractivity contribution in [2.45, 2.75) is 25.4 Å². The van der Waals surface area contributed by atoms with Gasteiger partial charge in [-0.05, 0) is 36.8 Å². The summed E-state index contributed by atoms with van der Waals surface area (Å²) < 4.78 is 10.9. The van der Waals surface area contributed by atoms with Crippen LogP contribution in [0.5, 0.6) is 11.5 Å². The highest BCUT2D eigenvalue weighted by atomic mass is 35.5. The fourth-order valence-corrected chi connectivity index (χ4v) is 4.04. The van der Waals surface area contributed by atoms with Crippen LogP contribution >= 0.6 is 11.6 Å². The molecule has 0 aromatic heterocycles. The summed E-state index contributed by atoms with van der Waals surface area (Å²) in [5.74, 6) is -1.20. The van der Waals surface area contributed by atoms with Crippen LogP contribution in [0.15, 0.2) is 36.4 Å². The second kappa shape index (κ2) is 9.23. The third-order valence-electron chi connectivity index (χ3n) is 5.05. The van der Waals surface area contributed by atoms with Gasteiger partial charge < -0.3 is 20.1 Å². The lowest BCUT2D eigenvalue weighted by molar-refractivity contribution is -0.131. The number of hydrogen-bond acceptors (Lipinski definition) is 6. The van der Waals surface area contributed by atoms with Crippen LogP contribution in [0.2, 0.25) is 5.02 Å². The van der Waals surface area contributed by atoms with Crippen molar-refractivity contribution < 1.29 is 29.1 Å². The van der Waals surface area contributed by atoms with Crippen LogP contribution in [0.4, 0.5) is 0 Å². The van der Waals surface area contributed by atoms with Crippen LogP contribution in [-0.2, 0) is 9.59 Å². The number of benzene rings is 2. The largest absolute Gasteiger partial charge is 0.493 e. The Kier molecular flexibility index (Phi) is 6.67. The molecule has 3 rings (SSSR count).